The first-order valence-electron chi connectivity index (χ1n) is 6.47. The molecule has 1 amide bonds. The number of ether oxygens (including phenoxy) is 1. The average Bonchev–Trinajstić information content (AvgIpc) is 2.69. The molecule has 3 unspecified atom stereocenters. The van der Waals surface area contributed by atoms with Gasteiger partial charge in [0.15, 0.2) is 11.6 Å². The van der Waals surface area contributed by atoms with Crippen LogP contribution >= 0.6 is 0 Å². The number of hydrogen-bond donors (Lipinski definition) is 1. The minimum atomic E-state index is -0.921. The second kappa shape index (κ2) is 5.85. The lowest BCUT2D eigenvalue weighted by Gasteiger charge is -2.30. The summed E-state index contributed by atoms with van der Waals surface area (Å²) >= 11 is 0. The Morgan fingerprint density at radius 3 is 2.70 bits per heavy atom. The van der Waals surface area contributed by atoms with Gasteiger partial charge < -0.3 is 9.64 Å². The van der Waals surface area contributed by atoms with Crippen LogP contribution in [0.5, 0.6) is 0 Å². The summed E-state index contributed by atoms with van der Waals surface area (Å²) in [4.78, 5) is 13.8. The van der Waals surface area contributed by atoms with E-state index in [9.17, 15) is 13.6 Å². The van der Waals surface area contributed by atoms with Crippen molar-refractivity contribution in [3.63, 3.8) is 0 Å². The molecular formula is C14H18F2N2O2. The highest BCUT2D eigenvalue weighted by molar-refractivity contribution is 5.84. The Morgan fingerprint density at radius 2 is 2.10 bits per heavy atom. The molecule has 1 aromatic carbocycles. The third kappa shape index (κ3) is 2.66. The SMILES string of the molecule is COCC(C)N1C(=O)C(C)NC1c1ccc(F)c(F)c1. The largest absolute Gasteiger partial charge is 0.383 e. The molecule has 1 aliphatic rings. The molecule has 0 aliphatic carbocycles. The van der Waals surface area contributed by atoms with Crippen LogP contribution in [0, 0.1) is 11.6 Å². The maximum Gasteiger partial charge on any atom is 0.241 e. The molecule has 0 aromatic heterocycles. The molecule has 1 aromatic rings. The van der Waals surface area contributed by atoms with Gasteiger partial charge >= 0.3 is 0 Å². The van der Waals surface area contributed by atoms with E-state index in [-0.39, 0.29) is 18.0 Å². The highest BCUT2D eigenvalue weighted by Gasteiger charge is 2.39. The standard InChI is InChI=1S/C14H18F2N2O2/c1-8(7-20-3)18-13(17-9(2)14(18)19)10-4-5-11(15)12(16)6-10/h4-6,8-9,13,17H,7H2,1-3H3. The highest BCUT2D eigenvalue weighted by Crippen LogP contribution is 2.28. The number of nitrogens with zero attached hydrogens (tertiary/aromatic N) is 1. The summed E-state index contributed by atoms with van der Waals surface area (Å²) in [5, 5.41) is 3.09. The molecule has 2 rings (SSSR count). The van der Waals surface area contributed by atoms with E-state index in [1.54, 1.807) is 18.9 Å². The second-order valence-electron chi connectivity index (χ2n) is 5.01. The zero-order chi connectivity index (χ0) is 14.9. The Morgan fingerprint density at radius 1 is 1.40 bits per heavy atom. The number of amides is 1. The number of nitrogens with one attached hydrogen (secondary N) is 1. The molecule has 6 heteroatoms. The molecule has 1 aliphatic heterocycles. The van der Waals surface area contributed by atoms with E-state index in [2.05, 4.69) is 5.32 Å². The Kier molecular flexibility index (Phi) is 4.35. The van der Waals surface area contributed by atoms with Gasteiger partial charge in [-0.15, -0.1) is 0 Å². The van der Waals surface area contributed by atoms with E-state index in [1.807, 2.05) is 6.92 Å². The topological polar surface area (TPSA) is 41.6 Å². The fraction of sp³-hybridized carbons (Fsp3) is 0.500. The Balaban J connectivity index is 2.32. The highest BCUT2D eigenvalue weighted by atomic mass is 19.2. The third-order valence-electron chi connectivity index (χ3n) is 3.45. The number of carbonyl (C=O) groups is 1. The molecule has 110 valence electrons. The fourth-order valence-corrected chi connectivity index (χ4v) is 2.47. The van der Waals surface area contributed by atoms with Crippen molar-refractivity contribution in [3.05, 3.63) is 35.4 Å². The van der Waals surface area contributed by atoms with Crippen molar-refractivity contribution in [2.75, 3.05) is 13.7 Å². The van der Waals surface area contributed by atoms with Gasteiger partial charge in [-0.2, -0.15) is 0 Å². The smallest absolute Gasteiger partial charge is 0.241 e. The summed E-state index contributed by atoms with van der Waals surface area (Å²) in [7, 11) is 1.56. The third-order valence-corrected chi connectivity index (χ3v) is 3.45. The van der Waals surface area contributed by atoms with Gasteiger partial charge in [0.1, 0.15) is 6.17 Å². The summed E-state index contributed by atoms with van der Waals surface area (Å²) in [6, 6.07) is 3.13. The Bertz CT molecular complexity index is 510. The van der Waals surface area contributed by atoms with Crippen LogP contribution in [0.2, 0.25) is 0 Å². The maximum absolute atomic E-state index is 13.4. The molecule has 20 heavy (non-hydrogen) atoms. The molecule has 0 bridgehead atoms. The van der Waals surface area contributed by atoms with Gasteiger partial charge in [0.2, 0.25) is 5.91 Å². The summed E-state index contributed by atoms with van der Waals surface area (Å²) in [5.41, 5.74) is 0.518. The predicted molar refractivity (Wildman–Crippen MR) is 69.9 cm³/mol. The lowest BCUT2D eigenvalue weighted by molar-refractivity contribution is -0.132. The summed E-state index contributed by atoms with van der Waals surface area (Å²) in [6.07, 6.45) is -0.474. The number of benzene rings is 1. The number of halogens is 2. The summed E-state index contributed by atoms with van der Waals surface area (Å²) in [6.45, 7) is 3.98. The first kappa shape index (κ1) is 14.9. The average molecular weight is 284 g/mol. The van der Waals surface area contributed by atoms with Crippen molar-refractivity contribution in [2.24, 2.45) is 0 Å². The van der Waals surface area contributed by atoms with E-state index in [0.29, 0.717) is 12.2 Å². The van der Waals surface area contributed by atoms with Gasteiger partial charge in [0.05, 0.1) is 18.7 Å². The van der Waals surface area contributed by atoms with Crippen molar-refractivity contribution < 1.29 is 18.3 Å². The van der Waals surface area contributed by atoms with Crippen LogP contribution in [-0.2, 0) is 9.53 Å². The predicted octanol–water partition coefficient (Wildman–Crippen LogP) is 1.82. The zero-order valence-corrected chi connectivity index (χ0v) is 11.7. The van der Waals surface area contributed by atoms with Gasteiger partial charge in [-0.1, -0.05) is 6.07 Å². The van der Waals surface area contributed by atoms with Crippen LogP contribution in [0.3, 0.4) is 0 Å². The quantitative estimate of drug-likeness (QED) is 0.917. The van der Waals surface area contributed by atoms with Crippen molar-refractivity contribution >= 4 is 5.91 Å². The Hall–Kier alpha value is -1.53. The van der Waals surface area contributed by atoms with Crippen LogP contribution in [-0.4, -0.2) is 36.6 Å². The van der Waals surface area contributed by atoms with Crippen LogP contribution in [0.4, 0.5) is 8.78 Å². The monoisotopic (exact) mass is 284 g/mol. The minimum absolute atomic E-state index is 0.0794. The maximum atomic E-state index is 13.4. The van der Waals surface area contributed by atoms with Gasteiger partial charge in [-0.3, -0.25) is 10.1 Å². The lowest BCUT2D eigenvalue weighted by Crippen LogP contribution is -2.40. The van der Waals surface area contributed by atoms with E-state index in [0.717, 1.165) is 12.1 Å². The van der Waals surface area contributed by atoms with E-state index in [1.165, 1.54) is 6.07 Å². The number of carbonyl (C=O) groups excluding carboxylic acids is 1. The molecule has 1 heterocycles. The summed E-state index contributed by atoms with van der Waals surface area (Å²) in [5.74, 6) is -1.90. The second-order valence-corrected chi connectivity index (χ2v) is 5.01. The van der Waals surface area contributed by atoms with Crippen molar-refractivity contribution in [3.8, 4) is 0 Å². The van der Waals surface area contributed by atoms with Crippen molar-refractivity contribution in [2.45, 2.75) is 32.1 Å². The molecule has 3 atom stereocenters. The lowest BCUT2D eigenvalue weighted by atomic mass is 10.1. The van der Waals surface area contributed by atoms with Gasteiger partial charge in [-0.05, 0) is 31.5 Å². The van der Waals surface area contributed by atoms with E-state index in [4.69, 9.17) is 4.74 Å². The molecule has 1 fully saturated rings. The molecule has 0 radical (unpaired) electrons. The van der Waals surface area contributed by atoms with Crippen LogP contribution in [0.15, 0.2) is 18.2 Å². The number of methoxy groups -OCH3 is 1. The van der Waals surface area contributed by atoms with Crippen LogP contribution < -0.4 is 5.32 Å². The normalized spacial score (nSPS) is 24.2. The molecule has 1 N–H and O–H groups in total. The molecule has 1 saturated heterocycles. The van der Waals surface area contributed by atoms with Gasteiger partial charge in [0.25, 0.3) is 0 Å². The van der Waals surface area contributed by atoms with Crippen molar-refractivity contribution in [1.29, 1.82) is 0 Å². The van der Waals surface area contributed by atoms with Crippen LogP contribution in [0.1, 0.15) is 25.6 Å². The van der Waals surface area contributed by atoms with Crippen molar-refractivity contribution in [1.82, 2.24) is 10.2 Å². The first-order chi connectivity index (χ1) is 9.45. The van der Waals surface area contributed by atoms with E-state index >= 15 is 0 Å². The molecule has 0 saturated carbocycles. The van der Waals surface area contributed by atoms with Crippen LogP contribution in [0.25, 0.3) is 0 Å². The number of rotatable bonds is 4. The Labute approximate surface area is 116 Å². The molecule has 4 nitrogen and oxygen atoms in total. The van der Waals surface area contributed by atoms with Gasteiger partial charge in [0, 0.05) is 7.11 Å². The van der Waals surface area contributed by atoms with E-state index < -0.39 is 17.8 Å². The molecule has 0 spiro atoms. The summed E-state index contributed by atoms with van der Waals surface area (Å²) < 4.78 is 31.5. The first-order valence-corrected chi connectivity index (χ1v) is 6.47. The fourth-order valence-electron chi connectivity index (χ4n) is 2.47. The zero-order valence-electron chi connectivity index (χ0n) is 11.7. The number of hydrogen-bond acceptors (Lipinski definition) is 3. The minimum Gasteiger partial charge on any atom is -0.383 e. The molecular weight excluding hydrogens is 266 g/mol. The van der Waals surface area contributed by atoms with Gasteiger partial charge in [-0.25, -0.2) is 8.78 Å².